The molecule has 4 aromatic carbocycles. The van der Waals surface area contributed by atoms with E-state index >= 15 is 0 Å². The molecule has 2 heterocycles. The summed E-state index contributed by atoms with van der Waals surface area (Å²) in [4.78, 5) is 0. The molecule has 0 N–H and O–H groups in total. The van der Waals surface area contributed by atoms with E-state index in [1.54, 1.807) is 12.1 Å². The third kappa shape index (κ3) is 3.12. The van der Waals surface area contributed by atoms with Gasteiger partial charge in [0.2, 0.25) is 0 Å². The highest BCUT2D eigenvalue weighted by Gasteiger charge is 2.48. The standard InChI is InChI=1S/C25H13F3O5S/c26-25(27,28)34(29,30)33-22-7-3-6-21-24(22)18-12-14(9-11-20(18)31-21)15-8-10-17-16-4-1-2-5-19(16)32-23(17)13-15/h1-13H. The molecule has 0 saturated heterocycles. The monoisotopic (exact) mass is 482 g/mol. The highest BCUT2D eigenvalue weighted by Crippen LogP contribution is 2.40. The highest BCUT2D eigenvalue weighted by molar-refractivity contribution is 7.88. The summed E-state index contributed by atoms with van der Waals surface area (Å²) in [6, 6.07) is 22.7. The van der Waals surface area contributed by atoms with Crippen molar-refractivity contribution in [2.24, 2.45) is 0 Å². The zero-order chi connectivity index (χ0) is 23.7. The van der Waals surface area contributed by atoms with Crippen LogP contribution in [0, 0.1) is 0 Å². The van der Waals surface area contributed by atoms with Crippen LogP contribution in [-0.2, 0) is 10.1 Å². The summed E-state index contributed by atoms with van der Waals surface area (Å²) in [5.41, 5.74) is -1.97. The topological polar surface area (TPSA) is 69.7 Å². The van der Waals surface area contributed by atoms with Crippen molar-refractivity contribution >= 4 is 54.0 Å². The Morgan fingerprint density at radius 1 is 0.647 bits per heavy atom. The zero-order valence-corrected chi connectivity index (χ0v) is 17.9. The number of hydrogen-bond donors (Lipinski definition) is 0. The van der Waals surface area contributed by atoms with Gasteiger partial charge in [-0.25, -0.2) is 0 Å². The minimum Gasteiger partial charge on any atom is -0.456 e. The first-order chi connectivity index (χ1) is 16.2. The van der Waals surface area contributed by atoms with Crippen molar-refractivity contribution in [2.75, 3.05) is 0 Å². The van der Waals surface area contributed by atoms with Gasteiger partial charge in [0.15, 0.2) is 5.75 Å². The second-order valence-electron chi connectivity index (χ2n) is 7.73. The molecule has 0 spiro atoms. The molecule has 6 aromatic rings. The van der Waals surface area contributed by atoms with Crippen molar-refractivity contribution in [1.82, 2.24) is 0 Å². The first-order valence-corrected chi connectivity index (χ1v) is 11.5. The van der Waals surface area contributed by atoms with Gasteiger partial charge in [0.1, 0.15) is 22.3 Å². The first kappa shape index (κ1) is 20.6. The van der Waals surface area contributed by atoms with Gasteiger partial charge in [-0.2, -0.15) is 21.6 Å². The fourth-order valence-electron chi connectivity index (χ4n) is 4.11. The van der Waals surface area contributed by atoms with Crippen molar-refractivity contribution in [2.45, 2.75) is 5.51 Å². The lowest BCUT2D eigenvalue weighted by molar-refractivity contribution is -0.0499. The molecule has 170 valence electrons. The van der Waals surface area contributed by atoms with E-state index in [0.29, 0.717) is 16.6 Å². The Kier molecular flexibility index (Phi) is 4.25. The Morgan fingerprint density at radius 3 is 2.12 bits per heavy atom. The van der Waals surface area contributed by atoms with Gasteiger partial charge in [0.25, 0.3) is 0 Å². The lowest BCUT2D eigenvalue weighted by Gasteiger charge is -2.10. The number of furan rings is 2. The van der Waals surface area contributed by atoms with Gasteiger partial charge in [-0.15, -0.1) is 0 Å². The van der Waals surface area contributed by atoms with Gasteiger partial charge >= 0.3 is 15.6 Å². The molecule has 0 aliphatic rings. The number of alkyl halides is 3. The predicted molar refractivity (Wildman–Crippen MR) is 122 cm³/mol. The summed E-state index contributed by atoms with van der Waals surface area (Å²) >= 11 is 0. The molecule has 5 nitrogen and oxygen atoms in total. The molecule has 0 fully saturated rings. The van der Waals surface area contributed by atoms with E-state index in [2.05, 4.69) is 4.18 Å². The summed E-state index contributed by atoms with van der Waals surface area (Å²) < 4.78 is 78.1. The van der Waals surface area contributed by atoms with Crippen molar-refractivity contribution in [3.8, 4) is 16.9 Å². The first-order valence-electron chi connectivity index (χ1n) is 10.1. The lowest BCUT2D eigenvalue weighted by Crippen LogP contribution is -2.28. The number of hydrogen-bond acceptors (Lipinski definition) is 5. The van der Waals surface area contributed by atoms with Crippen LogP contribution in [0.4, 0.5) is 13.2 Å². The fourth-order valence-corrected chi connectivity index (χ4v) is 4.58. The molecule has 9 heteroatoms. The quantitative estimate of drug-likeness (QED) is 0.194. The molecule has 0 aliphatic carbocycles. The van der Waals surface area contributed by atoms with Crippen LogP contribution in [0.5, 0.6) is 5.75 Å². The molecule has 0 aliphatic heterocycles. The number of rotatable bonds is 3. The molecule has 0 saturated carbocycles. The van der Waals surface area contributed by atoms with Gasteiger partial charge in [-0.05, 0) is 53.6 Å². The Bertz CT molecular complexity index is 1850. The molecular formula is C25H13F3O5S. The minimum absolute atomic E-state index is 0.136. The third-order valence-electron chi connectivity index (χ3n) is 5.65. The van der Waals surface area contributed by atoms with Crippen molar-refractivity contribution in [3.63, 3.8) is 0 Å². The van der Waals surface area contributed by atoms with Crippen LogP contribution in [0.1, 0.15) is 0 Å². The van der Waals surface area contributed by atoms with E-state index in [9.17, 15) is 21.6 Å². The second-order valence-corrected chi connectivity index (χ2v) is 9.27. The van der Waals surface area contributed by atoms with E-state index < -0.39 is 21.4 Å². The number of benzene rings is 4. The lowest BCUT2D eigenvalue weighted by atomic mass is 10.0. The van der Waals surface area contributed by atoms with Crippen LogP contribution in [0.25, 0.3) is 55.0 Å². The third-order valence-corrected chi connectivity index (χ3v) is 6.62. The molecule has 2 aromatic heterocycles. The van der Waals surface area contributed by atoms with Crippen molar-refractivity contribution < 1.29 is 34.6 Å². The summed E-state index contributed by atoms with van der Waals surface area (Å²) in [6.07, 6.45) is 0. The molecule has 0 atom stereocenters. The molecular weight excluding hydrogens is 469 g/mol. The maximum Gasteiger partial charge on any atom is 0.534 e. The number of halogens is 3. The summed E-state index contributed by atoms with van der Waals surface area (Å²) in [5.74, 6) is -0.460. The van der Waals surface area contributed by atoms with Crippen LogP contribution in [0.2, 0.25) is 0 Å². The summed E-state index contributed by atoms with van der Waals surface area (Å²) in [6.45, 7) is 0. The number of fused-ring (bicyclic) bond motifs is 6. The molecule has 0 unspecified atom stereocenters. The van der Waals surface area contributed by atoms with Crippen LogP contribution in [-0.4, -0.2) is 13.9 Å². The van der Waals surface area contributed by atoms with Gasteiger partial charge in [0, 0.05) is 16.2 Å². The second kappa shape index (κ2) is 7.01. The van der Waals surface area contributed by atoms with Crippen LogP contribution in [0.3, 0.4) is 0 Å². The van der Waals surface area contributed by atoms with Gasteiger partial charge in [-0.3, -0.25) is 0 Å². The molecule has 0 radical (unpaired) electrons. The largest absolute Gasteiger partial charge is 0.534 e. The van der Waals surface area contributed by atoms with E-state index in [0.717, 1.165) is 33.5 Å². The Morgan fingerprint density at radius 2 is 1.29 bits per heavy atom. The van der Waals surface area contributed by atoms with E-state index in [4.69, 9.17) is 8.83 Å². The average Bonchev–Trinajstić information content (AvgIpc) is 3.35. The average molecular weight is 482 g/mol. The van der Waals surface area contributed by atoms with Crippen LogP contribution >= 0.6 is 0 Å². The Labute approximate surface area is 190 Å². The van der Waals surface area contributed by atoms with Crippen molar-refractivity contribution in [1.29, 1.82) is 0 Å². The van der Waals surface area contributed by atoms with E-state index in [-0.39, 0.29) is 11.0 Å². The van der Waals surface area contributed by atoms with Crippen molar-refractivity contribution in [3.05, 3.63) is 78.9 Å². The van der Waals surface area contributed by atoms with Crippen LogP contribution < -0.4 is 4.18 Å². The smallest absolute Gasteiger partial charge is 0.456 e. The fraction of sp³-hybridized carbons (Fsp3) is 0.0400. The SMILES string of the molecule is O=S(=O)(Oc1cccc2oc3ccc(-c4ccc5c(c4)oc4ccccc45)cc3c12)C(F)(F)F. The minimum atomic E-state index is -5.84. The Balaban J connectivity index is 1.52. The molecule has 0 bridgehead atoms. The maximum atomic E-state index is 12.9. The van der Waals surface area contributed by atoms with Crippen LogP contribution in [0.15, 0.2) is 87.7 Å². The normalized spacial score (nSPS) is 12.8. The molecule has 0 amide bonds. The summed E-state index contributed by atoms with van der Waals surface area (Å²) in [5, 5.41) is 2.51. The summed E-state index contributed by atoms with van der Waals surface area (Å²) in [7, 11) is -5.84. The Hall–Kier alpha value is -3.98. The maximum absolute atomic E-state index is 12.9. The van der Waals surface area contributed by atoms with Gasteiger partial charge < -0.3 is 13.0 Å². The molecule has 34 heavy (non-hydrogen) atoms. The van der Waals surface area contributed by atoms with E-state index in [1.807, 2.05) is 48.5 Å². The molecule has 6 rings (SSSR count). The predicted octanol–water partition coefficient (Wildman–Crippen LogP) is 7.38. The van der Waals surface area contributed by atoms with Gasteiger partial charge in [-0.1, -0.05) is 36.4 Å². The van der Waals surface area contributed by atoms with E-state index in [1.165, 1.54) is 12.1 Å². The highest BCUT2D eigenvalue weighted by atomic mass is 32.2. The zero-order valence-electron chi connectivity index (χ0n) is 17.1. The van der Waals surface area contributed by atoms with Gasteiger partial charge in [0.05, 0.1) is 5.39 Å². The number of para-hydroxylation sites is 1.